The number of carbonyl (C=O) groups is 1. The monoisotopic (exact) mass is 443 g/mol. The lowest BCUT2D eigenvalue weighted by Gasteiger charge is -2.12. The van der Waals surface area contributed by atoms with Crippen LogP contribution in [0.2, 0.25) is 5.02 Å². The average molecular weight is 444 g/mol. The van der Waals surface area contributed by atoms with Crippen LogP contribution in [-0.4, -0.2) is 46.4 Å². The van der Waals surface area contributed by atoms with Crippen LogP contribution in [0.4, 0.5) is 11.6 Å². The van der Waals surface area contributed by atoms with E-state index in [4.69, 9.17) is 21.1 Å². The number of hydrogen-bond donors (Lipinski definition) is 1. The number of methoxy groups -OCH3 is 2. The first-order chi connectivity index (χ1) is 15.0. The van der Waals surface area contributed by atoms with Crippen LogP contribution in [0.15, 0.2) is 36.9 Å². The van der Waals surface area contributed by atoms with Crippen LogP contribution >= 0.6 is 11.6 Å². The molecule has 0 saturated heterocycles. The summed E-state index contributed by atoms with van der Waals surface area (Å²) in [5.41, 5.74) is 3.24. The number of nitrogens with zero attached hydrogens (tertiary/aromatic N) is 4. The first-order valence-electron chi connectivity index (χ1n) is 10.0. The van der Waals surface area contributed by atoms with Gasteiger partial charge in [-0.15, -0.1) is 0 Å². The van der Waals surface area contributed by atoms with Crippen molar-refractivity contribution in [3.63, 3.8) is 0 Å². The zero-order chi connectivity index (χ0) is 22.2. The van der Waals surface area contributed by atoms with Gasteiger partial charge in [0.1, 0.15) is 5.75 Å². The van der Waals surface area contributed by atoms with Crippen LogP contribution in [0, 0.1) is 0 Å². The van der Waals surface area contributed by atoms with Gasteiger partial charge >= 0.3 is 0 Å². The number of Topliss-reactive ketones (excluding diaryl/α,β-unsaturated/α-hetero) is 1. The number of carbonyl (C=O) groups excluding carboxylic acids is 1. The summed E-state index contributed by atoms with van der Waals surface area (Å²) in [6, 6.07) is 3.54. The van der Waals surface area contributed by atoms with Crippen molar-refractivity contribution in [3.8, 4) is 5.75 Å². The van der Waals surface area contributed by atoms with E-state index in [0.29, 0.717) is 54.7 Å². The number of aromatic nitrogens is 4. The standard InChI is InChI=1S/C22H26ClN5O3/c1-4-19(29)17-9-16(21(23)20(10-17)31-3)6-5-15-11-24-22(25-12-15)27-18-13-26-28(14-18)7-8-30-2/h9-14H,4-8H2,1-3H3,(H,24,25,27). The summed E-state index contributed by atoms with van der Waals surface area (Å²) in [4.78, 5) is 20.9. The van der Waals surface area contributed by atoms with E-state index in [1.807, 2.05) is 19.2 Å². The molecule has 0 spiro atoms. The van der Waals surface area contributed by atoms with Crippen molar-refractivity contribution in [2.45, 2.75) is 32.7 Å². The maximum Gasteiger partial charge on any atom is 0.227 e. The second-order valence-corrected chi connectivity index (χ2v) is 7.33. The lowest BCUT2D eigenvalue weighted by Crippen LogP contribution is -2.04. The van der Waals surface area contributed by atoms with Gasteiger partial charge in [0.05, 0.1) is 37.2 Å². The third-order valence-electron chi connectivity index (χ3n) is 4.78. The van der Waals surface area contributed by atoms with Crippen molar-refractivity contribution < 1.29 is 14.3 Å². The highest BCUT2D eigenvalue weighted by Gasteiger charge is 2.14. The minimum Gasteiger partial charge on any atom is -0.495 e. The molecule has 0 radical (unpaired) electrons. The molecule has 3 rings (SSSR count). The van der Waals surface area contributed by atoms with Gasteiger partial charge in [-0.2, -0.15) is 5.10 Å². The SMILES string of the molecule is CCC(=O)c1cc(CCc2cnc(Nc3cnn(CCOC)c3)nc2)c(Cl)c(OC)c1. The van der Waals surface area contributed by atoms with Crippen molar-refractivity contribution in [3.05, 3.63) is 58.6 Å². The Bertz CT molecular complexity index is 1020. The zero-order valence-electron chi connectivity index (χ0n) is 17.9. The topological polar surface area (TPSA) is 91.2 Å². The highest BCUT2D eigenvalue weighted by molar-refractivity contribution is 6.33. The van der Waals surface area contributed by atoms with Crippen molar-refractivity contribution in [2.75, 3.05) is 26.1 Å². The normalized spacial score (nSPS) is 10.8. The zero-order valence-corrected chi connectivity index (χ0v) is 18.6. The van der Waals surface area contributed by atoms with E-state index >= 15 is 0 Å². The number of ketones is 1. The predicted molar refractivity (Wildman–Crippen MR) is 119 cm³/mol. The van der Waals surface area contributed by atoms with Crippen LogP contribution in [0.5, 0.6) is 5.75 Å². The molecule has 0 aliphatic rings. The van der Waals surface area contributed by atoms with Crippen molar-refractivity contribution in [1.82, 2.24) is 19.7 Å². The molecule has 2 aromatic heterocycles. The second-order valence-electron chi connectivity index (χ2n) is 6.95. The molecule has 0 unspecified atom stereocenters. The van der Waals surface area contributed by atoms with Crippen LogP contribution in [0.3, 0.4) is 0 Å². The minimum atomic E-state index is 0.0560. The molecule has 0 bridgehead atoms. The molecular weight excluding hydrogens is 418 g/mol. The van der Waals surface area contributed by atoms with E-state index in [2.05, 4.69) is 20.4 Å². The Morgan fingerprint density at radius 3 is 2.61 bits per heavy atom. The van der Waals surface area contributed by atoms with Crippen LogP contribution in [0.25, 0.3) is 0 Å². The Labute approximate surface area is 186 Å². The van der Waals surface area contributed by atoms with E-state index in [-0.39, 0.29) is 5.78 Å². The van der Waals surface area contributed by atoms with Gasteiger partial charge in [0.2, 0.25) is 5.95 Å². The van der Waals surface area contributed by atoms with E-state index in [1.54, 1.807) is 43.6 Å². The molecule has 0 fully saturated rings. The Hall–Kier alpha value is -2.97. The quantitative estimate of drug-likeness (QED) is 0.446. The summed E-state index contributed by atoms with van der Waals surface area (Å²) in [6.07, 6.45) is 8.89. The highest BCUT2D eigenvalue weighted by Crippen LogP contribution is 2.31. The second kappa shape index (κ2) is 10.9. The van der Waals surface area contributed by atoms with Crippen molar-refractivity contribution in [2.24, 2.45) is 0 Å². The number of anilines is 2. The van der Waals surface area contributed by atoms with Gasteiger partial charge in [-0.25, -0.2) is 9.97 Å². The Morgan fingerprint density at radius 2 is 1.94 bits per heavy atom. The molecule has 8 nitrogen and oxygen atoms in total. The molecular formula is C22H26ClN5O3. The number of nitrogens with one attached hydrogen (secondary N) is 1. The molecule has 164 valence electrons. The van der Waals surface area contributed by atoms with E-state index in [9.17, 15) is 4.79 Å². The van der Waals surface area contributed by atoms with E-state index in [0.717, 1.165) is 16.8 Å². The highest BCUT2D eigenvalue weighted by atomic mass is 35.5. The molecule has 0 aliphatic carbocycles. The maximum atomic E-state index is 12.1. The smallest absolute Gasteiger partial charge is 0.227 e. The molecule has 1 aromatic carbocycles. The lowest BCUT2D eigenvalue weighted by molar-refractivity contribution is 0.0987. The summed E-state index contributed by atoms with van der Waals surface area (Å²) < 4.78 is 12.2. The van der Waals surface area contributed by atoms with Gasteiger partial charge in [-0.1, -0.05) is 18.5 Å². The van der Waals surface area contributed by atoms with Gasteiger partial charge in [-0.05, 0) is 36.1 Å². The molecule has 2 heterocycles. The van der Waals surface area contributed by atoms with Crippen molar-refractivity contribution in [1.29, 1.82) is 0 Å². The van der Waals surface area contributed by atoms with Crippen LogP contribution in [0.1, 0.15) is 34.8 Å². The van der Waals surface area contributed by atoms with Crippen LogP contribution in [-0.2, 0) is 24.1 Å². The third-order valence-corrected chi connectivity index (χ3v) is 5.21. The molecule has 0 aliphatic heterocycles. The average Bonchev–Trinajstić information content (AvgIpc) is 3.24. The lowest BCUT2D eigenvalue weighted by atomic mass is 10.0. The fourth-order valence-corrected chi connectivity index (χ4v) is 3.32. The molecule has 1 N–H and O–H groups in total. The molecule has 9 heteroatoms. The summed E-state index contributed by atoms with van der Waals surface area (Å²) in [5.74, 6) is 1.06. The number of ether oxygens (including phenoxy) is 2. The maximum absolute atomic E-state index is 12.1. The van der Waals surface area contributed by atoms with Gasteiger partial charge in [0.15, 0.2) is 5.78 Å². The molecule has 0 amide bonds. The number of halogens is 1. The Kier molecular flexibility index (Phi) is 7.97. The number of rotatable bonds is 11. The summed E-state index contributed by atoms with van der Waals surface area (Å²) >= 11 is 6.45. The fourth-order valence-electron chi connectivity index (χ4n) is 3.04. The van der Waals surface area contributed by atoms with E-state index < -0.39 is 0 Å². The largest absolute Gasteiger partial charge is 0.495 e. The minimum absolute atomic E-state index is 0.0560. The third kappa shape index (κ3) is 6.02. The molecule has 0 saturated carbocycles. The summed E-state index contributed by atoms with van der Waals surface area (Å²) in [5, 5.41) is 7.91. The number of hydrogen-bond acceptors (Lipinski definition) is 7. The fraction of sp³-hybridized carbons (Fsp3) is 0.364. The number of aryl methyl sites for hydroxylation is 2. The Morgan fingerprint density at radius 1 is 1.16 bits per heavy atom. The van der Waals surface area contributed by atoms with Gasteiger partial charge in [-0.3, -0.25) is 9.48 Å². The van der Waals surface area contributed by atoms with Gasteiger partial charge in [0, 0.05) is 37.7 Å². The van der Waals surface area contributed by atoms with Gasteiger partial charge in [0.25, 0.3) is 0 Å². The van der Waals surface area contributed by atoms with Gasteiger partial charge < -0.3 is 14.8 Å². The first kappa shape index (κ1) is 22.7. The summed E-state index contributed by atoms with van der Waals surface area (Å²) in [7, 11) is 3.20. The van der Waals surface area contributed by atoms with Crippen LogP contribution < -0.4 is 10.1 Å². The summed E-state index contributed by atoms with van der Waals surface area (Å²) in [6.45, 7) is 3.11. The predicted octanol–water partition coefficient (Wildman–Crippen LogP) is 4.10. The molecule has 0 atom stereocenters. The van der Waals surface area contributed by atoms with Crippen molar-refractivity contribution >= 4 is 29.0 Å². The number of benzene rings is 1. The molecule has 31 heavy (non-hydrogen) atoms. The Balaban J connectivity index is 1.64. The van der Waals surface area contributed by atoms with E-state index in [1.165, 1.54) is 0 Å². The first-order valence-corrected chi connectivity index (χ1v) is 10.4. The molecule has 3 aromatic rings.